The number of piperidine rings is 1. The number of hydrogen-bond donors (Lipinski definition) is 2. The van der Waals surface area contributed by atoms with Gasteiger partial charge >= 0.3 is 6.03 Å². The molecule has 6 heteroatoms. The van der Waals surface area contributed by atoms with E-state index in [0.717, 1.165) is 13.1 Å². The van der Waals surface area contributed by atoms with Crippen molar-refractivity contribution >= 4 is 11.9 Å². The predicted molar refractivity (Wildman–Crippen MR) is 56.8 cm³/mol. The van der Waals surface area contributed by atoms with Crippen LogP contribution in [-0.2, 0) is 4.79 Å². The lowest BCUT2D eigenvalue weighted by Gasteiger charge is -2.29. The number of likely N-dealkylation sites (tertiary alicyclic amines) is 1. The number of aliphatic hydroxyl groups is 1. The largest absolute Gasteiger partial charge is 0.393 e. The summed E-state index contributed by atoms with van der Waals surface area (Å²) in [5.41, 5.74) is 0. The molecule has 0 atom stereocenters. The number of nitrogens with zero attached hydrogens (tertiary/aromatic N) is 2. The topological polar surface area (TPSA) is 72.9 Å². The van der Waals surface area contributed by atoms with Gasteiger partial charge < -0.3 is 10.4 Å². The molecule has 0 aromatic carbocycles. The van der Waals surface area contributed by atoms with Gasteiger partial charge in [0, 0.05) is 26.2 Å². The lowest BCUT2D eigenvalue weighted by Crippen LogP contribution is -2.45. The molecule has 2 N–H and O–H groups in total. The average Bonchev–Trinajstić information content (AvgIpc) is 2.68. The highest BCUT2D eigenvalue weighted by atomic mass is 16.3. The molecule has 0 saturated carbocycles. The Morgan fingerprint density at radius 2 is 2.06 bits per heavy atom. The second-order valence-electron chi connectivity index (χ2n) is 4.28. The summed E-state index contributed by atoms with van der Waals surface area (Å²) in [7, 11) is 0. The molecule has 2 heterocycles. The van der Waals surface area contributed by atoms with Crippen LogP contribution in [0.3, 0.4) is 0 Å². The molecule has 2 saturated heterocycles. The number of hydrogen-bond acceptors (Lipinski definition) is 4. The molecular weight excluding hydrogens is 210 g/mol. The first-order chi connectivity index (χ1) is 7.66. The second-order valence-corrected chi connectivity index (χ2v) is 4.28. The van der Waals surface area contributed by atoms with Gasteiger partial charge in [0.15, 0.2) is 0 Å². The van der Waals surface area contributed by atoms with Gasteiger partial charge in [0.25, 0.3) is 0 Å². The summed E-state index contributed by atoms with van der Waals surface area (Å²) < 4.78 is 0. The van der Waals surface area contributed by atoms with E-state index in [4.69, 9.17) is 0 Å². The molecule has 2 rings (SSSR count). The molecule has 2 aliphatic heterocycles. The fraction of sp³-hybridized carbons (Fsp3) is 0.800. The van der Waals surface area contributed by atoms with Crippen LogP contribution in [0.25, 0.3) is 0 Å². The molecule has 2 aliphatic rings. The van der Waals surface area contributed by atoms with Gasteiger partial charge in [-0.15, -0.1) is 0 Å². The fourth-order valence-electron chi connectivity index (χ4n) is 2.06. The highest BCUT2D eigenvalue weighted by molar-refractivity contribution is 5.96. The highest BCUT2D eigenvalue weighted by Gasteiger charge is 2.28. The zero-order valence-corrected chi connectivity index (χ0v) is 9.19. The molecule has 0 radical (unpaired) electrons. The van der Waals surface area contributed by atoms with Crippen molar-refractivity contribution in [3.63, 3.8) is 0 Å². The Kier molecular flexibility index (Phi) is 3.40. The molecule has 16 heavy (non-hydrogen) atoms. The number of urea groups is 1. The van der Waals surface area contributed by atoms with Crippen LogP contribution < -0.4 is 5.32 Å². The summed E-state index contributed by atoms with van der Waals surface area (Å²) in [6, 6.07) is -0.290. The quantitative estimate of drug-likeness (QED) is 0.634. The lowest BCUT2D eigenvalue weighted by atomic mass is 10.1. The van der Waals surface area contributed by atoms with Gasteiger partial charge in [-0.05, 0) is 12.8 Å². The van der Waals surface area contributed by atoms with E-state index in [1.807, 2.05) is 4.90 Å². The van der Waals surface area contributed by atoms with Gasteiger partial charge in [0.05, 0.1) is 12.6 Å². The number of carbonyl (C=O) groups excluding carboxylic acids is 2. The van der Waals surface area contributed by atoms with Gasteiger partial charge in [-0.1, -0.05) is 0 Å². The van der Waals surface area contributed by atoms with Gasteiger partial charge in [-0.2, -0.15) is 0 Å². The van der Waals surface area contributed by atoms with E-state index in [1.165, 1.54) is 4.90 Å². The van der Waals surface area contributed by atoms with E-state index in [2.05, 4.69) is 5.32 Å². The van der Waals surface area contributed by atoms with Crippen LogP contribution >= 0.6 is 0 Å². The number of nitrogens with one attached hydrogen (secondary N) is 1. The first kappa shape index (κ1) is 11.3. The minimum absolute atomic E-state index is 0.147. The van der Waals surface area contributed by atoms with Crippen molar-refractivity contribution < 1.29 is 14.7 Å². The van der Waals surface area contributed by atoms with Gasteiger partial charge in [-0.25, -0.2) is 4.79 Å². The molecule has 0 spiro atoms. The number of carbonyl (C=O) groups is 2. The fourth-order valence-corrected chi connectivity index (χ4v) is 2.06. The van der Waals surface area contributed by atoms with E-state index in [1.54, 1.807) is 0 Å². The SMILES string of the molecule is O=C(CN1CCC(O)CC1)N1CCNC1=O. The maximum absolute atomic E-state index is 11.8. The van der Waals surface area contributed by atoms with Crippen LogP contribution in [0, 0.1) is 0 Å². The minimum atomic E-state index is -0.290. The average molecular weight is 227 g/mol. The number of imide groups is 1. The van der Waals surface area contributed by atoms with Crippen LogP contribution in [-0.4, -0.2) is 65.7 Å². The van der Waals surface area contributed by atoms with Gasteiger partial charge in [-0.3, -0.25) is 14.6 Å². The van der Waals surface area contributed by atoms with Crippen molar-refractivity contribution in [2.45, 2.75) is 18.9 Å². The van der Waals surface area contributed by atoms with E-state index >= 15 is 0 Å². The van der Waals surface area contributed by atoms with E-state index < -0.39 is 0 Å². The minimum Gasteiger partial charge on any atom is -0.393 e. The van der Waals surface area contributed by atoms with Crippen LogP contribution in [0.5, 0.6) is 0 Å². The molecule has 0 aromatic heterocycles. The number of aliphatic hydroxyl groups excluding tert-OH is 1. The summed E-state index contributed by atoms with van der Waals surface area (Å²) in [4.78, 5) is 26.3. The first-order valence-electron chi connectivity index (χ1n) is 5.65. The molecule has 0 aromatic rings. The zero-order valence-electron chi connectivity index (χ0n) is 9.19. The predicted octanol–water partition coefficient (Wildman–Crippen LogP) is -1.01. The molecule has 6 nitrogen and oxygen atoms in total. The molecule has 2 fully saturated rings. The van der Waals surface area contributed by atoms with Crippen molar-refractivity contribution in [3.05, 3.63) is 0 Å². The van der Waals surface area contributed by atoms with Crippen LogP contribution in [0.1, 0.15) is 12.8 Å². The molecular formula is C10H17N3O3. The van der Waals surface area contributed by atoms with Crippen molar-refractivity contribution in [1.29, 1.82) is 0 Å². The molecule has 0 bridgehead atoms. The van der Waals surface area contributed by atoms with Gasteiger partial charge in [0.1, 0.15) is 0 Å². The van der Waals surface area contributed by atoms with Crippen molar-refractivity contribution in [3.8, 4) is 0 Å². The molecule has 0 aliphatic carbocycles. The Bertz CT molecular complexity index is 287. The van der Waals surface area contributed by atoms with Crippen molar-refractivity contribution in [1.82, 2.24) is 15.1 Å². The molecule has 3 amide bonds. The van der Waals surface area contributed by atoms with Crippen LogP contribution in [0.4, 0.5) is 4.79 Å². The monoisotopic (exact) mass is 227 g/mol. The maximum atomic E-state index is 11.8. The zero-order chi connectivity index (χ0) is 11.5. The Balaban J connectivity index is 1.81. The van der Waals surface area contributed by atoms with E-state index in [0.29, 0.717) is 25.9 Å². The summed E-state index contributed by atoms with van der Waals surface area (Å²) >= 11 is 0. The third kappa shape index (κ3) is 2.51. The Morgan fingerprint density at radius 1 is 1.38 bits per heavy atom. The summed E-state index contributed by atoms with van der Waals surface area (Å²) in [6.07, 6.45) is 1.18. The lowest BCUT2D eigenvalue weighted by molar-refractivity contribution is -0.129. The van der Waals surface area contributed by atoms with Gasteiger partial charge in [0.2, 0.25) is 5.91 Å². The third-order valence-corrected chi connectivity index (χ3v) is 3.07. The molecule has 0 unspecified atom stereocenters. The normalized spacial score (nSPS) is 23.6. The van der Waals surface area contributed by atoms with E-state index in [-0.39, 0.29) is 24.6 Å². The van der Waals surface area contributed by atoms with Crippen LogP contribution in [0.2, 0.25) is 0 Å². The smallest absolute Gasteiger partial charge is 0.324 e. The Morgan fingerprint density at radius 3 is 2.62 bits per heavy atom. The summed E-state index contributed by atoms with van der Waals surface area (Å²) in [5, 5.41) is 11.9. The summed E-state index contributed by atoms with van der Waals surface area (Å²) in [5.74, 6) is -0.147. The van der Waals surface area contributed by atoms with Crippen molar-refractivity contribution in [2.24, 2.45) is 0 Å². The number of amides is 3. The van der Waals surface area contributed by atoms with Crippen molar-refractivity contribution in [2.75, 3.05) is 32.7 Å². The van der Waals surface area contributed by atoms with Crippen LogP contribution in [0.15, 0.2) is 0 Å². The highest BCUT2D eigenvalue weighted by Crippen LogP contribution is 2.10. The Hall–Kier alpha value is -1.14. The third-order valence-electron chi connectivity index (χ3n) is 3.07. The van der Waals surface area contributed by atoms with E-state index in [9.17, 15) is 14.7 Å². The number of rotatable bonds is 2. The standard InChI is InChI=1S/C10H17N3O3/c14-8-1-4-12(5-2-8)7-9(15)13-6-3-11-10(13)16/h8,14H,1-7H2,(H,11,16). The first-order valence-corrected chi connectivity index (χ1v) is 5.65. The summed E-state index contributed by atoms with van der Waals surface area (Å²) in [6.45, 7) is 2.74. The maximum Gasteiger partial charge on any atom is 0.324 e. The second kappa shape index (κ2) is 4.80. The Labute approximate surface area is 94.2 Å². The molecule has 90 valence electrons.